The predicted molar refractivity (Wildman–Crippen MR) is 40.6 cm³/mol. The van der Waals surface area contributed by atoms with E-state index in [4.69, 9.17) is 5.11 Å². The Bertz CT molecular complexity index is 63.8. The molecular weight excluding hydrogens is 212 g/mol. The van der Waals surface area contributed by atoms with Crippen molar-refractivity contribution in [2.75, 3.05) is 0 Å². The number of hydrogen-bond acceptors (Lipinski definition) is 3. The molecule has 0 aromatic rings. The Morgan fingerprint density at radius 2 is 1.89 bits per heavy atom. The molecule has 52 valence electrons. The van der Waals surface area contributed by atoms with Gasteiger partial charge in [0, 0.05) is 11.0 Å². The van der Waals surface area contributed by atoms with Crippen molar-refractivity contribution in [3.8, 4) is 0 Å². The van der Waals surface area contributed by atoms with Crippen LogP contribution in [0.3, 0.4) is 0 Å². The third kappa shape index (κ3) is 28.9. The van der Waals surface area contributed by atoms with Gasteiger partial charge in [0.15, 0.2) is 0 Å². The fourth-order valence-electron chi connectivity index (χ4n) is 0.0390. The summed E-state index contributed by atoms with van der Waals surface area (Å²) >= 11 is 3.48. The van der Waals surface area contributed by atoms with E-state index in [1.807, 2.05) is 4.72 Å². The molecule has 0 aliphatic rings. The fraction of sp³-hybridized carbons (Fsp3) is 0. The fourth-order valence-corrected chi connectivity index (χ4v) is 0.351. The molecule has 0 saturated carbocycles. The normalized spacial score (nSPS) is 5.00. The van der Waals surface area contributed by atoms with Crippen LogP contribution in [0.25, 0.3) is 0 Å². The Labute approximate surface area is 77.7 Å². The van der Waals surface area contributed by atoms with Crippen LogP contribution in [-0.2, 0) is 19.5 Å². The molecular formula is C3H9NO2S2Zn. The summed E-state index contributed by atoms with van der Waals surface area (Å²) in [7, 11) is 0.755. The minimum Gasteiger partial charge on any atom is -0.464 e. The smallest absolute Gasteiger partial charge is 0.464 e. The van der Waals surface area contributed by atoms with Gasteiger partial charge in [-0.2, -0.15) is 0 Å². The molecule has 0 fully saturated rings. The molecule has 3 nitrogen and oxygen atoms in total. The van der Waals surface area contributed by atoms with E-state index in [2.05, 4.69) is 11.7 Å². The minimum atomic E-state index is -1.07. The summed E-state index contributed by atoms with van der Waals surface area (Å²) in [5, 5.41) is 7.73. The number of nitrogens with one attached hydrogen (secondary N) is 1. The Kier molecular flexibility index (Phi) is 39.8. The summed E-state index contributed by atoms with van der Waals surface area (Å²) < 4.78 is 1.91. The molecule has 0 aliphatic heterocycles. The molecule has 6 heteroatoms. The maximum atomic E-state index is 9.42. The number of carbonyl (C=O) groups is 1. The van der Waals surface area contributed by atoms with Gasteiger partial charge in [-0.1, -0.05) is 11.7 Å². The van der Waals surface area contributed by atoms with E-state index in [0.29, 0.717) is 0 Å². The monoisotopic (exact) mass is 219 g/mol. The number of rotatable bonds is 1. The number of thiol groups is 1. The van der Waals surface area contributed by atoms with Crippen molar-refractivity contribution in [2.45, 2.75) is 0 Å². The van der Waals surface area contributed by atoms with Crippen LogP contribution in [0.4, 0.5) is 4.79 Å². The van der Waals surface area contributed by atoms with Crippen LogP contribution >= 0.6 is 22.6 Å². The molecule has 0 unspecified atom stereocenters. The molecule has 0 atom stereocenters. The van der Waals surface area contributed by atoms with Gasteiger partial charge in [-0.3, -0.25) is 4.72 Å². The van der Waals surface area contributed by atoms with Crippen molar-refractivity contribution < 1.29 is 29.4 Å². The second-order valence-electron chi connectivity index (χ2n) is 0.499. The van der Waals surface area contributed by atoms with Gasteiger partial charge in [-0.15, -0.1) is 0 Å². The van der Waals surface area contributed by atoms with E-state index in [-0.39, 0.29) is 34.3 Å². The molecule has 9 heavy (non-hydrogen) atoms. The Morgan fingerprint density at radius 3 is 1.89 bits per heavy atom. The van der Waals surface area contributed by atoms with E-state index in [9.17, 15) is 4.79 Å². The maximum absolute atomic E-state index is 9.42. The first-order valence-corrected chi connectivity index (χ1v) is 2.93. The number of hydrogen-bond donors (Lipinski definition) is 3. The van der Waals surface area contributed by atoms with Crippen molar-refractivity contribution >= 4 is 28.7 Å². The second-order valence-corrected chi connectivity index (χ2v) is 1.43. The first-order valence-electron chi connectivity index (χ1n) is 1.06. The van der Waals surface area contributed by atoms with Crippen LogP contribution < -0.4 is 4.72 Å². The van der Waals surface area contributed by atoms with E-state index >= 15 is 0 Å². The van der Waals surface area contributed by atoms with Crippen LogP contribution in [0.15, 0.2) is 0 Å². The van der Waals surface area contributed by atoms with Crippen LogP contribution in [0, 0.1) is 14.9 Å². The van der Waals surface area contributed by atoms with Gasteiger partial charge in [0.05, 0.1) is 0 Å². The van der Waals surface area contributed by atoms with E-state index < -0.39 is 6.09 Å². The zero-order valence-electron chi connectivity index (χ0n) is 5.42. The topological polar surface area (TPSA) is 49.3 Å². The van der Waals surface area contributed by atoms with Gasteiger partial charge >= 0.3 is 25.6 Å². The summed E-state index contributed by atoms with van der Waals surface area (Å²) in [4.78, 5) is 9.42. The summed E-state index contributed by atoms with van der Waals surface area (Å²) in [5.74, 6) is 0. The van der Waals surface area contributed by atoms with Gasteiger partial charge in [-0.05, 0) is 0 Å². The third-order valence-electron chi connectivity index (χ3n) is 0.133. The first-order chi connectivity index (χ1) is 2.77. The minimum absolute atomic E-state index is 0. The molecule has 1 amide bonds. The van der Waals surface area contributed by atoms with Crippen molar-refractivity contribution in [3.05, 3.63) is 14.9 Å². The maximum Gasteiger partial charge on any atom is 2.00 e. The van der Waals surface area contributed by atoms with E-state index in [0.717, 1.165) is 11.0 Å². The van der Waals surface area contributed by atoms with Crippen molar-refractivity contribution in [2.24, 2.45) is 0 Å². The van der Waals surface area contributed by atoms with E-state index in [1.54, 1.807) is 0 Å². The van der Waals surface area contributed by atoms with E-state index in [1.165, 1.54) is 0 Å². The van der Waals surface area contributed by atoms with Gasteiger partial charge in [0.25, 0.3) is 0 Å². The molecule has 0 spiro atoms. The molecule has 0 aromatic carbocycles. The van der Waals surface area contributed by atoms with Crippen molar-refractivity contribution in [1.29, 1.82) is 0 Å². The Hall–Kier alpha value is 0.593. The SMILES string of the molecule is O=C(O)NSS.[CH3-].[CH3-].[Zn+2]. The van der Waals surface area contributed by atoms with Crippen LogP contribution in [-0.4, -0.2) is 11.2 Å². The zero-order chi connectivity index (χ0) is 4.99. The second kappa shape index (κ2) is 15.8. The molecule has 0 saturated heterocycles. The predicted octanol–water partition coefficient (Wildman–Crippen LogP) is 1.65. The molecule has 0 heterocycles. The van der Waals surface area contributed by atoms with Gasteiger partial charge in [0.2, 0.25) is 0 Å². The molecule has 0 rings (SSSR count). The standard InChI is InChI=1S/CH3NO2S2.2CH3.Zn/c3-1(4)2-6-5;;;/h2,5H,(H,3,4);2*1H3;/q;2*-1;+2. The van der Waals surface area contributed by atoms with Crippen LogP contribution in [0.5, 0.6) is 0 Å². The number of carboxylic acid groups (broad SMARTS) is 1. The Balaban J connectivity index is -0.0000000417. The van der Waals surface area contributed by atoms with Gasteiger partial charge in [0.1, 0.15) is 0 Å². The van der Waals surface area contributed by atoms with Gasteiger partial charge in [-0.25, -0.2) is 4.79 Å². The average Bonchev–Trinajstić information content (AvgIpc) is 1.35. The molecule has 2 N–H and O–H groups in total. The average molecular weight is 221 g/mol. The van der Waals surface area contributed by atoms with Crippen molar-refractivity contribution in [1.82, 2.24) is 4.72 Å². The summed E-state index contributed by atoms with van der Waals surface area (Å²) in [6.07, 6.45) is -1.07. The summed E-state index contributed by atoms with van der Waals surface area (Å²) in [6.45, 7) is 0. The summed E-state index contributed by atoms with van der Waals surface area (Å²) in [5.41, 5.74) is 0. The van der Waals surface area contributed by atoms with Crippen LogP contribution in [0.1, 0.15) is 0 Å². The largest absolute Gasteiger partial charge is 2.00 e. The van der Waals surface area contributed by atoms with Crippen LogP contribution in [0.2, 0.25) is 0 Å². The van der Waals surface area contributed by atoms with Crippen molar-refractivity contribution in [3.63, 3.8) is 0 Å². The number of amides is 1. The molecule has 0 bridgehead atoms. The zero-order valence-corrected chi connectivity index (χ0v) is 10.1. The third-order valence-corrected chi connectivity index (χ3v) is 0.673. The quantitative estimate of drug-likeness (QED) is 0.207. The molecule has 0 aromatic heterocycles. The molecule has 0 radical (unpaired) electrons. The van der Waals surface area contributed by atoms with Gasteiger partial charge < -0.3 is 20.0 Å². The first kappa shape index (κ1) is 22.6. The summed E-state index contributed by atoms with van der Waals surface area (Å²) in [6, 6.07) is 0. The Morgan fingerprint density at radius 1 is 1.56 bits per heavy atom. The molecule has 0 aliphatic carbocycles.